The molecule has 0 atom stereocenters. The monoisotopic (exact) mass is 788 g/mol. The van der Waals surface area contributed by atoms with Crippen LogP contribution >= 0.6 is 15.2 Å². The summed E-state index contributed by atoms with van der Waals surface area (Å²) in [5.74, 6) is 0. The van der Waals surface area contributed by atoms with Gasteiger partial charge in [-0.2, -0.15) is 0 Å². The Balaban J connectivity index is 0. The Morgan fingerprint density at radius 1 is 0.545 bits per heavy atom. The molecule has 0 saturated carbocycles. The zero-order chi connectivity index (χ0) is 15.2. The van der Waals surface area contributed by atoms with Gasteiger partial charge in [0, 0.05) is 0 Å². The summed E-state index contributed by atoms with van der Waals surface area (Å²) in [6, 6.07) is 14.5. The first-order chi connectivity index (χ1) is 9.21. The average Bonchev–Trinajstić information content (AvgIpc) is 2.40. The summed E-state index contributed by atoms with van der Waals surface area (Å²) in [6.07, 6.45) is 0. The number of benzene rings is 2. The molecule has 2 aromatic rings. The largest absolute Gasteiger partial charge is 2.00 e. The van der Waals surface area contributed by atoms with Gasteiger partial charge in [0.15, 0.2) is 0 Å². The Morgan fingerprint density at radius 3 is 0.909 bits per heavy atom. The minimum Gasteiger partial charge on any atom is -0.807 e. The van der Waals surface area contributed by atoms with E-state index in [1.807, 2.05) is 0 Å². The third kappa shape index (κ3) is 9.87. The van der Waals surface area contributed by atoms with Gasteiger partial charge in [-0.05, 0) is 25.8 Å². The zero-order valence-corrected chi connectivity index (χ0v) is 21.2. The summed E-state index contributed by atoms with van der Waals surface area (Å²) in [5.41, 5.74) is 0. The number of rotatable bonds is 2. The van der Waals surface area contributed by atoms with Gasteiger partial charge in [0.25, 0.3) is 0 Å². The normalized spacial score (nSPS) is 10.4. The van der Waals surface area contributed by atoms with Crippen molar-refractivity contribution in [1.82, 2.24) is 0 Å². The Bertz CT molecular complexity index is 569. The van der Waals surface area contributed by atoms with Crippen molar-refractivity contribution >= 4 is 25.8 Å². The summed E-state index contributed by atoms with van der Waals surface area (Å²) in [4.78, 5) is 41.2. The summed E-state index contributed by atoms with van der Waals surface area (Å²) < 4.78 is 20.6. The first-order valence-electron chi connectivity index (χ1n) is 5.36. The predicted molar refractivity (Wildman–Crippen MR) is 67.4 cm³/mol. The molecule has 0 aliphatic carbocycles. The second-order valence-electron chi connectivity index (χ2n) is 3.67. The van der Waals surface area contributed by atoms with Gasteiger partial charge in [0.1, 0.15) is 0 Å². The standard InChI is InChI=1S/2C6H7O3P.2U/c2*7-10(8,9)6-4-2-1-3-5-6;;/h2*1-5H,(H2,7,8,9);;/q;;2*+2/p-4. The molecular weight excluding hydrogens is 778 g/mol. The topological polar surface area (TPSA) is 126 Å². The molecule has 0 radical (unpaired) electrons. The van der Waals surface area contributed by atoms with Crippen LogP contribution in [0.25, 0.3) is 0 Å². The third-order valence-electron chi connectivity index (χ3n) is 2.14. The van der Waals surface area contributed by atoms with Crippen LogP contribution < -0.4 is 30.2 Å². The maximum Gasteiger partial charge on any atom is 2.00 e. The molecule has 0 aromatic heterocycles. The molecule has 0 aliphatic heterocycles. The summed E-state index contributed by atoms with van der Waals surface area (Å²) in [7, 11) is -9.04. The Labute approximate surface area is 175 Å². The first kappa shape index (κ1) is 25.1. The molecule has 0 heterocycles. The molecule has 0 saturated heterocycles. The molecule has 0 amide bonds. The van der Waals surface area contributed by atoms with Crippen molar-refractivity contribution in [2.24, 2.45) is 0 Å². The number of hydrogen-bond donors (Lipinski definition) is 0. The van der Waals surface area contributed by atoms with Crippen molar-refractivity contribution in [2.75, 3.05) is 0 Å². The van der Waals surface area contributed by atoms with E-state index in [9.17, 15) is 28.7 Å². The van der Waals surface area contributed by atoms with Gasteiger partial charge in [-0.25, -0.2) is 0 Å². The molecular formula is C12H10O6P2U2. The van der Waals surface area contributed by atoms with Crippen molar-refractivity contribution in [1.29, 1.82) is 0 Å². The van der Waals surface area contributed by atoms with Crippen LogP contribution in [0.3, 0.4) is 0 Å². The Hall–Kier alpha value is 0.844. The van der Waals surface area contributed by atoms with Gasteiger partial charge in [0.2, 0.25) is 0 Å². The molecule has 112 valence electrons. The molecule has 0 unspecified atom stereocenters. The van der Waals surface area contributed by atoms with E-state index >= 15 is 0 Å². The minimum absolute atomic E-state index is 0. The molecule has 22 heavy (non-hydrogen) atoms. The van der Waals surface area contributed by atoms with Crippen LogP contribution in [0.5, 0.6) is 0 Å². The molecule has 0 bridgehead atoms. The van der Waals surface area contributed by atoms with Crippen LogP contribution in [0, 0.1) is 62.2 Å². The van der Waals surface area contributed by atoms with E-state index in [0.29, 0.717) is 0 Å². The van der Waals surface area contributed by atoms with Crippen molar-refractivity contribution < 1.29 is 90.9 Å². The maximum atomic E-state index is 10.3. The molecule has 0 aliphatic rings. The van der Waals surface area contributed by atoms with E-state index in [1.165, 1.54) is 48.5 Å². The van der Waals surface area contributed by atoms with Crippen molar-refractivity contribution in [3.8, 4) is 0 Å². The fraction of sp³-hybridized carbons (Fsp3) is 0. The van der Waals surface area contributed by atoms with Crippen LogP contribution in [0.4, 0.5) is 0 Å². The van der Waals surface area contributed by atoms with Gasteiger partial charge in [-0.3, -0.25) is 0 Å². The van der Waals surface area contributed by atoms with Gasteiger partial charge in [-0.15, -0.1) is 0 Å². The Kier molecular flexibility index (Phi) is 13.0. The molecule has 2 aromatic carbocycles. The van der Waals surface area contributed by atoms with Crippen LogP contribution in [0.2, 0.25) is 0 Å². The molecule has 6 nitrogen and oxygen atoms in total. The van der Waals surface area contributed by atoms with Crippen molar-refractivity contribution in [2.45, 2.75) is 0 Å². The summed E-state index contributed by atoms with van der Waals surface area (Å²) in [6.45, 7) is 0. The maximum absolute atomic E-state index is 10.3. The fourth-order valence-corrected chi connectivity index (χ4v) is 2.30. The molecule has 2 rings (SSSR count). The third-order valence-corrected chi connectivity index (χ3v) is 4.01. The average molecular weight is 788 g/mol. The summed E-state index contributed by atoms with van der Waals surface area (Å²) >= 11 is 0. The van der Waals surface area contributed by atoms with Crippen LogP contribution in [-0.4, -0.2) is 0 Å². The van der Waals surface area contributed by atoms with E-state index < -0.39 is 15.2 Å². The molecule has 10 heteroatoms. The van der Waals surface area contributed by atoms with Gasteiger partial charge in [-0.1, -0.05) is 60.7 Å². The van der Waals surface area contributed by atoms with Gasteiger partial charge in [0.05, 0.1) is 0 Å². The van der Waals surface area contributed by atoms with E-state index in [0.717, 1.165) is 0 Å². The van der Waals surface area contributed by atoms with Crippen LogP contribution in [0.1, 0.15) is 0 Å². The van der Waals surface area contributed by atoms with Crippen molar-refractivity contribution in [3.63, 3.8) is 0 Å². The van der Waals surface area contributed by atoms with Gasteiger partial charge >= 0.3 is 62.2 Å². The second kappa shape index (κ2) is 11.4. The van der Waals surface area contributed by atoms with Crippen LogP contribution in [0.15, 0.2) is 60.7 Å². The van der Waals surface area contributed by atoms with E-state index in [-0.39, 0.29) is 72.8 Å². The fourth-order valence-electron chi connectivity index (χ4n) is 1.22. The molecule has 0 N–H and O–H groups in total. The van der Waals surface area contributed by atoms with E-state index in [1.54, 1.807) is 12.1 Å². The van der Waals surface area contributed by atoms with E-state index in [2.05, 4.69) is 0 Å². The van der Waals surface area contributed by atoms with Crippen molar-refractivity contribution in [3.05, 3.63) is 60.7 Å². The number of hydrogen-bond acceptors (Lipinski definition) is 6. The van der Waals surface area contributed by atoms with Gasteiger partial charge < -0.3 is 28.7 Å². The first-order valence-corrected chi connectivity index (χ1v) is 8.45. The Morgan fingerprint density at radius 2 is 0.773 bits per heavy atom. The van der Waals surface area contributed by atoms with E-state index in [4.69, 9.17) is 0 Å². The smallest absolute Gasteiger partial charge is 0.807 e. The molecule has 0 fully saturated rings. The summed E-state index contributed by atoms with van der Waals surface area (Å²) in [5, 5.41) is -0.315. The van der Waals surface area contributed by atoms with Crippen LogP contribution in [-0.2, 0) is 9.13 Å². The SMILES string of the molecule is O=P([O-])([O-])c1ccccc1.O=P([O-])([O-])c1ccccc1.[U+2].[U+2]. The predicted octanol–water partition coefficient (Wildman–Crippen LogP) is -1.55. The molecule has 0 spiro atoms. The minimum atomic E-state index is -4.52. The zero-order valence-electron chi connectivity index (χ0n) is 11.1. The quantitative estimate of drug-likeness (QED) is 0.340. The second-order valence-corrected chi connectivity index (χ2v) is 6.69.